The van der Waals surface area contributed by atoms with Crippen molar-refractivity contribution < 1.29 is 23.1 Å². The molecule has 0 saturated carbocycles. The first-order valence-electron chi connectivity index (χ1n) is 8.28. The summed E-state index contributed by atoms with van der Waals surface area (Å²) in [6.45, 7) is -0.329. The molecule has 0 fully saturated rings. The van der Waals surface area contributed by atoms with Gasteiger partial charge in [0.2, 0.25) is 5.91 Å². The Balaban J connectivity index is 1.87. The first-order chi connectivity index (χ1) is 13.5. The summed E-state index contributed by atoms with van der Waals surface area (Å²) >= 11 is 2.46. The van der Waals surface area contributed by atoms with Crippen molar-refractivity contribution >= 4 is 45.2 Å². The van der Waals surface area contributed by atoms with Gasteiger partial charge in [-0.3, -0.25) is 9.59 Å². The minimum Gasteiger partial charge on any atom is -0.468 e. The average Bonchev–Trinajstić information content (AvgIpc) is 2.99. The van der Waals surface area contributed by atoms with Gasteiger partial charge in [0.1, 0.15) is 12.4 Å². The van der Waals surface area contributed by atoms with Crippen LogP contribution in [0.4, 0.5) is 8.78 Å². The average molecular weight is 422 g/mol. The standard InChI is InChI=1S/C19H16F2N2O3S2/c1-26-17(25)11-23-18-14(21)9-12(20)10-15(18)28-19(23)22-16(24)7-8-27-13-5-3-2-4-6-13/h2-6,9-10H,7-8,11H2,1H3. The Bertz CT molecular complexity index is 1080. The predicted molar refractivity (Wildman–Crippen MR) is 104 cm³/mol. The molecule has 5 nitrogen and oxygen atoms in total. The highest BCUT2D eigenvalue weighted by molar-refractivity contribution is 7.99. The van der Waals surface area contributed by atoms with Gasteiger partial charge in [-0.1, -0.05) is 29.5 Å². The van der Waals surface area contributed by atoms with E-state index in [1.165, 1.54) is 23.4 Å². The third kappa shape index (κ3) is 4.85. The lowest BCUT2D eigenvalue weighted by molar-refractivity contribution is -0.141. The molecular formula is C19H16F2N2O3S2. The van der Waals surface area contributed by atoms with E-state index in [2.05, 4.69) is 9.73 Å². The Labute approximate surface area is 167 Å². The minimum atomic E-state index is -0.830. The van der Waals surface area contributed by atoms with Crippen molar-refractivity contribution in [2.75, 3.05) is 12.9 Å². The number of amides is 1. The van der Waals surface area contributed by atoms with Gasteiger partial charge in [0.25, 0.3) is 0 Å². The number of rotatable bonds is 6. The van der Waals surface area contributed by atoms with E-state index in [4.69, 9.17) is 0 Å². The molecule has 3 rings (SSSR count). The van der Waals surface area contributed by atoms with Gasteiger partial charge < -0.3 is 9.30 Å². The largest absolute Gasteiger partial charge is 0.468 e. The number of carbonyl (C=O) groups excluding carboxylic acids is 2. The van der Waals surface area contributed by atoms with Crippen LogP contribution in [0.15, 0.2) is 52.4 Å². The highest BCUT2D eigenvalue weighted by atomic mass is 32.2. The van der Waals surface area contributed by atoms with Gasteiger partial charge in [0, 0.05) is 23.1 Å². The van der Waals surface area contributed by atoms with Crippen molar-refractivity contribution in [2.24, 2.45) is 4.99 Å². The smallest absolute Gasteiger partial charge is 0.325 e. The molecule has 0 saturated heterocycles. The lowest BCUT2D eigenvalue weighted by Crippen LogP contribution is -2.23. The number of fused-ring (bicyclic) bond motifs is 1. The fourth-order valence-corrected chi connectivity index (χ4v) is 4.44. The maximum absolute atomic E-state index is 14.3. The SMILES string of the molecule is COC(=O)Cn1c(=NC(=O)CCSc2ccccc2)sc2cc(F)cc(F)c21. The van der Waals surface area contributed by atoms with Crippen LogP contribution >= 0.6 is 23.1 Å². The second-order valence-corrected chi connectivity index (χ2v) is 7.88. The molecule has 0 unspecified atom stereocenters. The Morgan fingerprint density at radius 3 is 2.68 bits per heavy atom. The molecule has 2 aromatic carbocycles. The zero-order chi connectivity index (χ0) is 20.1. The topological polar surface area (TPSA) is 60.7 Å². The molecule has 0 radical (unpaired) electrons. The summed E-state index contributed by atoms with van der Waals surface area (Å²) < 4.78 is 33.9. The third-order valence-electron chi connectivity index (χ3n) is 3.76. The Kier molecular flexibility index (Phi) is 6.58. The quantitative estimate of drug-likeness (QED) is 0.448. The number of methoxy groups -OCH3 is 1. The number of hydrogen-bond acceptors (Lipinski definition) is 5. The summed E-state index contributed by atoms with van der Waals surface area (Å²) in [5.41, 5.74) is 0.0158. The number of nitrogens with zero attached hydrogens (tertiary/aromatic N) is 2. The molecule has 1 amide bonds. The third-order valence-corrected chi connectivity index (χ3v) is 5.80. The van der Waals surface area contributed by atoms with E-state index in [0.717, 1.165) is 28.4 Å². The summed E-state index contributed by atoms with van der Waals surface area (Å²) in [6.07, 6.45) is 0.170. The summed E-state index contributed by atoms with van der Waals surface area (Å²) in [4.78, 5) is 29.2. The molecule has 0 bridgehead atoms. The maximum Gasteiger partial charge on any atom is 0.325 e. The number of esters is 1. The highest BCUT2D eigenvalue weighted by Crippen LogP contribution is 2.22. The fourth-order valence-electron chi connectivity index (χ4n) is 2.49. The lowest BCUT2D eigenvalue weighted by atomic mass is 10.3. The van der Waals surface area contributed by atoms with Crippen LogP contribution < -0.4 is 4.80 Å². The van der Waals surface area contributed by atoms with E-state index in [1.54, 1.807) is 0 Å². The van der Waals surface area contributed by atoms with Gasteiger partial charge in [-0.25, -0.2) is 8.78 Å². The second kappa shape index (κ2) is 9.11. The molecule has 0 aliphatic carbocycles. The second-order valence-electron chi connectivity index (χ2n) is 5.70. The van der Waals surface area contributed by atoms with Crippen molar-refractivity contribution in [2.45, 2.75) is 17.9 Å². The number of halogens is 2. The summed E-state index contributed by atoms with van der Waals surface area (Å²) in [5, 5.41) is 0. The van der Waals surface area contributed by atoms with Crippen molar-refractivity contribution in [3.05, 3.63) is 58.9 Å². The van der Waals surface area contributed by atoms with E-state index in [9.17, 15) is 18.4 Å². The first-order valence-corrected chi connectivity index (χ1v) is 10.1. The van der Waals surface area contributed by atoms with E-state index in [0.29, 0.717) is 5.75 Å². The number of carbonyl (C=O) groups is 2. The molecular weight excluding hydrogens is 406 g/mol. The molecule has 0 N–H and O–H groups in total. The number of thiazole rings is 1. The van der Waals surface area contributed by atoms with Crippen molar-refractivity contribution in [1.82, 2.24) is 4.57 Å². The fraction of sp³-hybridized carbons (Fsp3) is 0.211. The Hall–Kier alpha value is -2.52. The van der Waals surface area contributed by atoms with E-state index < -0.39 is 23.5 Å². The normalized spacial score (nSPS) is 11.8. The van der Waals surface area contributed by atoms with Gasteiger partial charge in [-0.05, 0) is 18.2 Å². The summed E-state index contributed by atoms with van der Waals surface area (Å²) in [7, 11) is 1.20. The van der Waals surface area contributed by atoms with Gasteiger partial charge in [0.05, 0.1) is 17.3 Å². The minimum absolute atomic E-state index is 0.0158. The van der Waals surface area contributed by atoms with Crippen LogP contribution in [0.1, 0.15) is 6.42 Å². The molecule has 0 atom stereocenters. The van der Waals surface area contributed by atoms with Gasteiger partial charge in [-0.2, -0.15) is 4.99 Å². The number of hydrogen-bond donors (Lipinski definition) is 0. The Morgan fingerprint density at radius 2 is 1.96 bits per heavy atom. The highest BCUT2D eigenvalue weighted by Gasteiger charge is 2.16. The number of thioether (sulfide) groups is 1. The zero-order valence-corrected chi connectivity index (χ0v) is 16.5. The van der Waals surface area contributed by atoms with E-state index in [-0.39, 0.29) is 28.0 Å². The van der Waals surface area contributed by atoms with Crippen LogP contribution in [0.25, 0.3) is 10.2 Å². The van der Waals surface area contributed by atoms with Gasteiger partial charge >= 0.3 is 5.97 Å². The van der Waals surface area contributed by atoms with Crippen LogP contribution in [0.3, 0.4) is 0 Å². The van der Waals surface area contributed by atoms with Crippen LogP contribution in [-0.4, -0.2) is 29.3 Å². The maximum atomic E-state index is 14.3. The molecule has 0 aliphatic rings. The van der Waals surface area contributed by atoms with Crippen molar-refractivity contribution in [1.29, 1.82) is 0 Å². The molecule has 146 valence electrons. The predicted octanol–water partition coefficient (Wildman–Crippen LogP) is 3.76. The molecule has 1 heterocycles. The van der Waals surface area contributed by atoms with E-state index >= 15 is 0 Å². The zero-order valence-electron chi connectivity index (χ0n) is 14.9. The van der Waals surface area contributed by atoms with Crippen LogP contribution in [0.5, 0.6) is 0 Å². The molecule has 28 heavy (non-hydrogen) atoms. The van der Waals surface area contributed by atoms with Gasteiger partial charge in [-0.15, -0.1) is 11.8 Å². The van der Waals surface area contributed by atoms with Crippen LogP contribution in [0.2, 0.25) is 0 Å². The lowest BCUT2D eigenvalue weighted by Gasteiger charge is -2.04. The number of benzene rings is 2. The van der Waals surface area contributed by atoms with Crippen molar-refractivity contribution in [3.63, 3.8) is 0 Å². The first kappa shape index (κ1) is 20.2. The number of aromatic nitrogens is 1. The molecule has 1 aromatic heterocycles. The monoisotopic (exact) mass is 422 g/mol. The van der Waals surface area contributed by atoms with Crippen LogP contribution in [-0.2, 0) is 20.9 Å². The summed E-state index contributed by atoms with van der Waals surface area (Å²) in [6, 6.07) is 11.5. The van der Waals surface area contributed by atoms with E-state index in [1.807, 2.05) is 30.3 Å². The Morgan fingerprint density at radius 1 is 1.21 bits per heavy atom. The molecule has 3 aromatic rings. The molecule has 0 aliphatic heterocycles. The number of ether oxygens (including phenoxy) is 1. The van der Waals surface area contributed by atoms with Crippen molar-refractivity contribution in [3.8, 4) is 0 Å². The van der Waals surface area contributed by atoms with Crippen LogP contribution in [0, 0.1) is 11.6 Å². The molecule has 9 heteroatoms. The summed E-state index contributed by atoms with van der Waals surface area (Å²) in [5.74, 6) is -2.08. The van der Waals surface area contributed by atoms with Gasteiger partial charge in [0.15, 0.2) is 10.6 Å². The molecule has 0 spiro atoms.